The number of imidazole rings is 1. The molecule has 0 bridgehead atoms. The molecule has 0 aliphatic heterocycles. The van der Waals surface area contributed by atoms with Crippen molar-refractivity contribution in [1.29, 1.82) is 0 Å². The van der Waals surface area contributed by atoms with Crippen molar-refractivity contribution in [2.24, 2.45) is 0 Å². The Morgan fingerprint density at radius 3 is 1.83 bits per heavy atom. The number of pyridine rings is 1. The molecule has 0 N–H and O–H groups in total. The van der Waals surface area contributed by atoms with Crippen LogP contribution in [0, 0.1) is 18.5 Å². The molecule has 0 atom stereocenters. The molecule has 0 unspecified atom stereocenters. The SMILES string of the molecule is CC(C)(C)c1cc(-[n+]2[c-]n(-c3[c-]c(Oc4[c-]c5c(cc4)c4ccc(C(C)(C)c6ccccc6)cc4n5-c4cc(C(C)(C)C)ccn4)ccc3)cc2)cc(C(C)(C)c2ccccc2)c1.[Pt]. The van der Waals surface area contributed by atoms with Gasteiger partial charge < -0.3 is 13.9 Å². The average molecular weight is 1020 g/mol. The van der Waals surface area contributed by atoms with Gasteiger partial charge in [0, 0.05) is 67.5 Å². The van der Waals surface area contributed by atoms with Crippen molar-refractivity contribution in [1.82, 2.24) is 14.1 Å². The molecule has 326 valence electrons. The quantitative estimate of drug-likeness (QED) is 0.107. The van der Waals surface area contributed by atoms with Gasteiger partial charge in [-0.05, 0) is 85.6 Å². The van der Waals surface area contributed by atoms with Gasteiger partial charge in [0.1, 0.15) is 5.82 Å². The Hall–Kier alpha value is -6.03. The molecule has 3 heterocycles. The van der Waals surface area contributed by atoms with Gasteiger partial charge in [-0.2, -0.15) is 18.2 Å². The Labute approximate surface area is 393 Å². The van der Waals surface area contributed by atoms with Crippen LogP contribution in [0.3, 0.4) is 0 Å². The van der Waals surface area contributed by atoms with Gasteiger partial charge in [-0.25, -0.2) is 4.98 Å². The Morgan fingerprint density at radius 2 is 1.16 bits per heavy atom. The number of aromatic nitrogens is 4. The monoisotopic (exact) mass is 1020 g/mol. The van der Waals surface area contributed by atoms with Crippen molar-refractivity contribution in [3.8, 4) is 28.7 Å². The third-order valence-corrected chi connectivity index (χ3v) is 12.8. The first-order valence-electron chi connectivity index (χ1n) is 22.0. The summed E-state index contributed by atoms with van der Waals surface area (Å²) in [6.45, 7) is 22.7. The molecular formula is C58H56N4OPt-2. The third-order valence-electron chi connectivity index (χ3n) is 12.8. The van der Waals surface area contributed by atoms with Crippen LogP contribution in [0.4, 0.5) is 0 Å². The van der Waals surface area contributed by atoms with E-state index in [0.29, 0.717) is 11.5 Å². The molecule has 0 aliphatic rings. The molecule has 9 aromatic rings. The van der Waals surface area contributed by atoms with Gasteiger partial charge in [0.25, 0.3) is 6.33 Å². The number of fused-ring (bicyclic) bond motifs is 3. The topological polar surface area (TPSA) is 35.9 Å². The maximum absolute atomic E-state index is 6.61. The van der Waals surface area contributed by atoms with E-state index in [4.69, 9.17) is 9.72 Å². The Morgan fingerprint density at radius 1 is 0.531 bits per heavy atom. The molecule has 9 rings (SSSR count). The molecule has 0 aliphatic carbocycles. The standard InChI is InChI=1S/C58H56N4O.Pt/c1-55(2,3)42-28-29-59-54(36-42)62-52-35-43(57(7,8)40-18-13-11-14-19-40)24-26-50(52)51-27-25-49(38-53(51)62)63-48-23-17-22-46(37-48)60-30-31-61(39-60)47-33-44(56(4,5)6)32-45(34-47)58(9,10)41-20-15-12-16-21-41;/h11-36H,1-10H3;/q-2;. The molecule has 5 nitrogen and oxygen atoms in total. The summed E-state index contributed by atoms with van der Waals surface area (Å²) in [6.07, 6.45) is 9.56. The van der Waals surface area contributed by atoms with Crippen molar-refractivity contribution in [2.45, 2.75) is 90.9 Å². The zero-order chi connectivity index (χ0) is 44.3. The van der Waals surface area contributed by atoms with Gasteiger partial charge in [-0.3, -0.25) is 4.57 Å². The summed E-state index contributed by atoms with van der Waals surface area (Å²) in [6, 6.07) is 56.8. The van der Waals surface area contributed by atoms with Crippen LogP contribution < -0.4 is 9.30 Å². The van der Waals surface area contributed by atoms with Crippen molar-refractivity contribution in [3.05, 3.63) is 210 Å². The summed E-state index contributed by atoms with van der Waals surface area (Å²) >= 11 is 0. The van der Waals surface area contributed by atoms with Crippen molar-refractivity contribution < 1.29 is 30.4 Å². The Kier molecular flexibility index (Phi) is 11.7. The zero-order valence-electron chi connectivity index (χ0n) is 38.5. The number of rotatable bonds is 9. The molecule has 0 fully saturated rings. The summed E-state index contributed by atoms with van der Waals surface area (Å²) in [5.74, 6) is 2.02. The van der Waals surface area contributed by atoms with E-state index in [9.17, 15) is 0 Å². The van der Waals surface area contributed by atoms with E-state index in [-0.39, 0.29) is 42.7 Å². The minimum atomic E-state index is -0.217. The first-order chi connectivity index (χ1) is 30.0. The van der Waals surface area contributed by atoms with Crippen LogP contribution in [0.2, 0.25) is 0 Å². The minimum Gasteiger partial charge on any atom is -0.510 e. The van der Waals surface area contributed by atoms with Crippen molar-refractivity contribution >= 4 is 21.8 Å². The van der Waals surface area contributed by atoms with Crippen LogP contribution in [-0.4, -0.2) is 14.1 Å². The second-order valence-corrected chi connectivity index (χ2v) is 19.9. The first kappa shape index (κ1) is 44.6. The summed E-state index contributed by atoms with van der Waals surface area (Å²) in [5, 5.41) is 2.22. The number of ether oxygens (including phenoxy) is 1. The Bertz CT molecular complexity index is 3110. The molecular weight excluding hydrogens is 964 g/mol. The second-order valence-electron chi connectivity index (χ2n) is 19.9. The zero-order valence-corrected chi connectivity index (χ0v) is 40.8. The van der Waals surface area contributed by atoms with E-state index in [0.717, 1.165) is 39.0 Å². The fourth-order valence-corrected chi connectivity index (χ4v) is 8.55. The molecule has 0 saturated heterocycles. The van der Waals surface area contributed by atoms with Gasteiger partial charge in [0.05, 0.1) is 5.69 Å². The van der Waals surface area contributed by atoms with Crippen LogP contribution in [0.15, 0.2) is 158 Å². The van der Waals surface area contributed by atoms with E-state index in [1.165, 1.54) is 33.4 Å². The predicted molar refractivity (Wildman–Crippen MR) is 257 cm³/mol. The fraction of sp³-hybridized carbons (Fsp3) is 0.241. The van der Waals surface area contributed by atoms with Crippen LogP contribution in [-0.2, 0) is 42.7 Å². The fourth-order valence-electron chi connectivity index (χ4n) is 8.55. The van der Waals surface area contributed by atoms with Gasteiger partial charge in [0.15, 0.2) is 0 Å². The molecule has 0 amide bonds. The Balaban J connectivity index is 0.00000560. The molecule has 6 heteroatoms. The average Bonchev–Trinajstić information content (AvgIpc) is 3.90. The third kappa shape index (κ3) is 8.51. The maximum atomic E-state index is 6.61. The van der Waals surface area contributed by atoms with Crippen molar-refractivity contribution in [2.75, 3.05) is 0 Å². The number of hydrogen-bond acceptors (Lipinski definition) is 2. The van der Waals surface area contributed by atoms with Gasteiger partial charge in [0.2, 0.25) is 0 Å². The van der Waals surface area contributed by atoms with E-state index < -0.39 is 0 Å². The molecule has 0 saturated carbocycles. The first-order valence-corrected chi connectivity index (χ1v) is 22.0. The summed E-state index contributed by atoms with van der Waals surface area (Å²) < 4.78 is 12.9. The maximum Gasteiger partial charge on any atom is 0.267 e. The smallest absolute Gasteiger partial charge is 0.267 e. The predicted octanol–water partition coefficient (Wildman–Crippen LogP) is 13.7. The summed E-state index contributed by atoms with van der Waals surface area (Å²) in [5.41, 5.74) is 10.9. The number of benzene rings is 6. The van der Waals surface area contributed by atoms with E-state index >= 15 is 0 Å². The molecule has 64 heavy (non-hydrogen) atoms. The van der Waals surface area contributed by atoms with Crippen LogP contribution in [0.25, 0.3) is 39.0 Å². The van der Waals surface area contributed by atoms with Crippen LogP contribution in [0.1, 0.15) is 103 Å². The van der Waals surface area contributed by atoms with E-state index in [1.807, 2.05) is 41.2 Å². The molecule has 3 aromatic heterocycles. The normalized spacial score (nSPS) is 12.4. The second kappa shape index (κ2) is 16.8. The number of hydrogen-bond donors (Lipinski definition) is 0. The van der Waals surface area contributed by atoms with E-state index in [1.54, 1.807) is 0 Å². The summed E-state index contributed by atoms with van der Waals surface area (Å²) in [7, 11) is 0. The van der Waals surface area contributed by atoms with Crippen molar-refractivity contribution in [3.63, 3.8) is 0 Å². The van der Waals surface area contributed by atoms with Gasteiger partial charge in [-0.15, -0.1) is 29.7 Å². The number of nitrogens with zero attached hydrogens (tertiary/aromatic N) is 4. The van der Waals surface area contributed by atoms with Crippen LogP contribution in [0.5, 0.6) is 11.5 Å². The largest absolute Gasteiger partial charge is 0.510 e. The minimum absolute atomic E-state index is 0. The van der Waals surface area contributed by atoms with Gasteiger partial charge >= 0.3 is 0 Å². The molecule has 6 aromatic carbocycles. The van der Waals surface area contributed by atoms with E-state index in [2.05, 4.69) is 218 Å². The van der Waals surface area contributed by atoms with Gasteiger partial charge in [-0.1, -0.05) is 154 Å². The molecule has 0 radical (unpaired) electrons. The van der Waals surface area contributed by atoms with Crippen LogP contribution >= 0.6 is 0 Å². The summed E-state index contributed by atoms with van der Waals surface area (Å²) in [4.78, 5) is 4.96. The molecule has 0 spiro atoms.